The van der Waals surface area contributed by atoms with Gasteiger partial charge >= 0.3 is 35.5 Å². The molecule has 1 unspecified atom stereocenters. The summed E-state index contributed by atoms with van der Waals surface area (Å²) in [5, 5.41) is 56.5. The molecule has 0 amide bonds. The Morgan fingerprint density at radius 3 is 1.29 bits per heavy atom. The predicted octanol–water partition coefficient (Wildman–Crippen LogP) is -1.66. The van der Waals surface area contributed by atoms with E-state index in [9.17, 15) is 54.4 Å². The molecule has 0 radical (unpaired) electrons. The number of carbonyl (C=O) groups is 5. The summed E-state index contributed by atoms with van der Waals surface area (Å²) < 4.78 is 0. The summed E-state index contributed by atoms with van der Waals surface area (Å²) in [6.07, 6.45) is 0.156. The number of nitrogens with zero attached hydrogens (tertiary/aromatic N) is 6. The van der Waals surface area contributed by atoms with Gasteiger partial charge in [-0.2, -0.15) is 0 Å². The first kappa shape index (κ1) is 37.0. The Labute approximate surface area is 258 Å². The molecule has 18 heteroatoms. The number of rotatable bonds is 16. The van der Waals surface area contributed by atoms with E-state index in [4.69, 9.17) is 5.21 Å². The summed E-state index contributed by atoms with van der Waals surface area (Å²) in [5.41, 5.74) is 0.588. The monoisotopic (exact) mass is 641 g/mol. The average molecular weight is 642 g/mol. The minimum atomic E-state index is -1.25. The van der Waals surface area contributed by atoms with Crippen LogP contribution in [0.3, 0.4) is 0 Å². The highest BCUT2D eigenvalue weighted by atomic mass is 16.6. The zero-order valence-electron chi connectivity index (χ0n) is 24.8. The highest BCUT2D eigenvalue weighted by Gasteiger charge is 2.28. The first-order chi connectivity index (χ1) is 21.2. The lowest BCUT2D eigenvalue weighted by Gasteiger charge is -2.37. The number of benzene rings is 1. The van der Waals surface area contributed by atoms with E-state index in [1.165, 1.54) is 17.0 Å². The molecule has 1 saturated heterocycles. The second-order valence-corrected chi connectivity index (χ2v) is 10.8. The fraction of sp³-hybridized carbons (Fsp3) is 0.593. The van der Waals surface area contributed by atoms with E-state index < -0.39 is 49.0 Å². The van der Waals surface area contributed by atoms with Gasteiger partial charge in [0.05, 0.1) is 37.6 Å². The molecular weight excluding hydrogens is 600 g/mol. The maximum atomic E-state index is 11.7. The summed E-state index contributed by atoms with van der Waals surface area (Å²) >= 11 is 0. The Hall–Kier alpha value is -4.23. The maximum absolute atomic E-state index is 11.7. The molecule has 18 nitrogen and oxygen atoms in total. The van der Waals surface area contributed by atoms with Crippen molar-refractivity contribution in [3.8, 4) is 0 Å². The third-order valence-electron chi connectivity index (χ3n) is 7.30. The Morgan fingerprint density at radius 1 is 0.622 bits per heavy atom. The van der Waals surface area contributed by atoms with Crippen LogP contribution in [0.25, 0.3) is 0 Å². The minimum absolute atomic E-state index is 0.0368. The Balaban J connectivity index is 2.41. The minimum Gasteiger partial charge on any atom is -0.480 e. The lowest BCUT2D eigenvalue weighted by molar-refractivity contribution is -0.729. The lowest BCUT2D eigenvalue weighted by atomic mass is 10.0. The fourth-order valence-electron chi connectivity index (χ4n) is 5.11. The van der Waals surface area contributed by atoms with E-state index in [1.807, 2.05) is 4.90 Å². The van der Waals surface area contributed by atoms with Gasteiger partial charge in [0.1, 0.15) is 0 Å². The van der Waals surface area contributed by atoms with Crippen LogP contribution < -0.4 is 0 Å². The van der Waals surface area contributed by atoms with E-state index in [-0.39, 0.29) is 95.6 Å². The van der Waals surface area contributed by atoms with E-state index in [2.05, 4.69) is 0 Å². The van der Waals surface area contributed by atoms with Crippen molar-refractivity contribution in [1.29, 1.82) is 0 Å². The second-order valence-electron chi connectivity index (χ2n) is 10.8. The molecule has 2 rings (SSSR count). The summed E-state index contributed by atoms with van der Waals surface area (Å²) in [6, 6.07) is 5.11. The molecule has 250 valence electrons. The van der Waals surface area contributed by atoms with Crippen LogP contribution >= 0.6 is 0 Å². The van der Waals surface area contributed by atoms with Gasteiger partial charge in [0.2, 0.25) is 0 Å². The van der Waals surface area contributed by atoms with E-state index in [0.29, 0.717) is 5.56 Å². The Morgan fingerprint density at radius 2 is 0.978 bits per heavy atom. The smallest absolute Gasteiger partial charge is 0.317 e. The van der Waals surface area contributed by atoms with Crippen LogP contribution in [0, 0.1) is 4.91 Å². The summed E-state index contributed by atoms with van der Waals surface area (Å²) in [7, 11) is 0. The summed E-state index contributed by atoms with van der Waals surface area (Å²) in [6.45, 7) is -0.163. The molecule has 1 atom stereocenters. The Bertz CT molecular complexity index is 1140. The molecule has 1 fully saturated rings. The number of carboxylic acid groups (broad SMARTS) is 5. The molecule has 1 aliphatic heterocycles. The van der Waals surface area contributed by atoms with Gasteiger partial charge in [0, 0.05) is 77.1 Å². The number of carboxylic acids is 5. The van der Waals surface area contributed by atoms with Gasteiger partial charge in [-0.05, 0) is 12.0 Å². The summed E-state index contributed by atoms with van der Waals surface area (Å²) in [5.74, 6) is -5.74. The fourth-order valence-corrected chi connectivity index (χ4v) is 5.11. The standard InChI is InChI=1S/C27H40N6O12/c34-23(35)15-29-7-5-28(6-8-30(16-24(36)37)10-12-31(11-9-29)17-25(38)39)14-22(32(18-26(40)41)19-27(42)43)13-20-1-3-21(4-2-20)33(44)45/h1-4,22H,5-19H2,(H5-,34,35,36,37,38,39,40,41,42,43,44,45)/p+1. The maximum Gasteiger partial charge on any atom is 0.317 e. The van der Waals surface area contributed by atoms with Crippen molar-refractivity contribution < 1.29 is 59.6 Å². The van der Waals surface area contributed by atoms with Crippen molar-refractivity contribution >= 4 is 35.5 Å². The molecule has 0 bridgehead atoms. The molecule has 1 heterocycles. The van der Waals surface area contributed by atoms with Gasteiger partial charge in [0.15, 0.2) is 0 Å². The number of hydrogen-bond acceptors (Lipinski definition) is 11. The highest BCUT2D eigenvalue weighted by Crippen LogP contribution is 2.16. The van der Waals surface area contributed by atoms with Crippen LogP contribution in [-0.2, 0) is 30.4 Å². The number of hydrogen-bond donors (Lipinski definition) is 6. The molecule has 0 aromatic heterocycles. The zero-order valence-corrected chi connectivity index (χ0v) is 24.8. The van der Waals surface area contributed by atoms with Crippen molar-refractivity contribution in [2.24, 2.45) is 0 Å². The van der Waals surface area contributed by atoms with Crippen LogP contribution in [-0.4, -0.2) is 188 Å². The van der Waals surface area contributed by atoms with Crippen molar-refractivity contribution in [1.82, 2.24) is 24.5 Å². The normalized spacial score (nSPS) is 17.2. The van der Waals surface area contributed by atoms with E-state index in [1.54, 1.807) is 26.8 Å². The van der Waals surface area contributed by atoms with E-state index in [0.717, 1.165) is 0 Å². The van der Waals surface area contributed by atoms with Crippen molar-refractivity contribution in [2.45, 2.75) is 12.5 Å². The van der Waals surface area contributed by atoms with Crippen LogP contribution in [0.15, 0.2) is 24.3 Å². The van der Waals surface area contributed by atoms with E-state index >= 15 is 0 Å². The first-order valence-corrected chi connectivity index (χ1v) is 14.2. The van der Waals surface area contributed by atoms with Gasteiger partial charge in [-0.1, -0.05) is 12.1 Å². The average Bonchev–Trinajstić information content (AvgIpc) is 2.92. The molecule has 0 spiro atoms. The quantitative estimate of drug-likeness (QED) is 0.111. The number of aliphatic carboxylic acids is 5. The van der Waals surface area contributed by atoms with Gasteiger partial charge in [-0.25, -0.2) is 5.21 Å². The molecule has 6 N–H and O–H groups in total. The third-order valence-corrected chi connectivity index (χ3v) is 7.30. The molecule has 1 aliphatic rings. The predicted molar refractivity (Wildman–Crippen MR) is 155 cm³/mol. The van der Waals surface area contributed by atoms with Crippen LogP contribution in [0.5, 0.6) is 0 Å². The van der Waals surface area contributed by atoms with Crippen LogP contribution in [0.1, 0.15) is 5.56 Å². The summed E-state index contributed by atoms with van der Waals surface area (Å²) in [4.78, 5) is 77.0. The molecule has 1 aromatic rings. The highest BCUT2D eigenvalue weighted by molar-refractivity contribution is 5.73. The van der Waals surface area contributed by atoms with Gasteiger partial charge < -0.3 is 25.5 Å². The zero-order chi connectivity index (χ0) is 33.5. The lowest BCUT2D eigenvalue weighted by Crippen LogP contribution is -2.53. The van der Waals surface area contributed by atoms with Gasteiger partial charge in [-0.3, -0.25) is 48.5 Å². The topological polar surface area (TPSA) is 243 Å². The third kappa shape index (κ3) is 14.9. The van der Waals surface area contributed by atoms with Crippen LogP contribution in [0.2, 0.25) is 0 Å². The van der Waals surface area contributed by atoms with Crippen molar-refractivity contribution in [3.05, 3.63) is 34.7 Å². The van der Waals surface area contributed by atoms with Gasteiger partial charge in [-0.15, -0.1) is 0 Å². The molecular formula is C27H41N6O12+. The first-order valence-electron chi connectivity index (χ1n) is 14.2. The van der Waals surface area contributed by atoms with Crippen molar-refractivity contribution in [2.75, 3.05) is 91.6 Å². The molecule has 0 saturated carbocycles. The largest absolute Gasteiger partial charge is 0.480 e. The Kier molecular flexibility index (Phi) is 15.2. The van der Waals surface area contributed by atoms with Crippen molar-refractivity contribution in [3.63, 3.8) is 0 Å². The molecule has 0 aliphatic carbocycles. The van der Waals surface area contributed by atoms with Crippen LogP contribution in [0.4, 0.5) is 5.69 Å². The SMILES string of the molecule is O=C(O)CN1CCN(CC(=O)O)CCN(CC(Cc2ccc([N+](=O)O)cc2)N(CC(=O)O)CC(=O)O)CCN(CC(=O)O)CC1. The second kappa shape index (κ2) is 18.5. The molecule has 45 heavy (non-hydrogen) atoms. The molecule has 1 aromatic carbocycles. The van der Waals surface area contributed by atoms with Gasteiger partial charge in [0.25, 0.3) is 4.92 Å².